The zero-order chi connectivity index (χ0) is 12.3. The molecule has 0 aliphatic carbocycles. The van der Waals surface area contributed by atoms with Crippen LogP contribution >= 0.6 is 0 Å². The molecule has 0 saturated carbocycles. The van der Waals surface area contributed by atoms with Gasteiger partial charge < -0.3 is 15.5 Å². The Morgan fingerprint density at radius 1 is 1.24 bits per heavy atom. The smallest absolute Gasteiger partial charge is 0.256 e. The van der Waals surface area contributed by atoms with Crippen molar-refractivity contribution in [3.63, 3.8) is 0 Å². The minimum absolute atomic E-state index is 0.0545. The third kappa shape index (κ3) is 2.58. The molecule has 1 heterocycles. The second kappa shape index (κ2) is 5.19. The van der Waals surface area contributed by atoms with E-state index in [1.165, 1.54) is 0 Å². The van der Waals surface area contributed by atoms with Gasteiger partial charge in [-0.05, 0) is 18.7 Å². The van der Waals surface area contributed by atoms with Crippen LogP contribution in [-0.2, 0) is 0 Å². The Labute approximate surface area is 102 Å². The lowest BCUT2D eigenvalue weighted by Crippen LogP contribution is -2.48. The van der Waals surface area contributed by atoms with Crippen LogP contribution in [0, 0.1) is 0 Å². The van der Waals surface area contributed by atoms with Crippen LogP contribution in [0.1, 0.15) is 17.3 Å². The highest BCUT2D eigenvalue weighted by atomic mass is 16.2. The highest BCUT2D eigenvalue weighted by molar-refractivity contribution is 5.99. The number of nitrogens with zero attached hydrogens (tertiary/aromatic N) is 2. The predicted molar refractivity (Wildman–Crippen MR) is 68.9 cm³/mol. The summed E-state index contributed by atoms with van der Waals surface area (Å²) in [4.78, 5) is 16.5. The summed E-state index contributed by atoms with van der Waals surface area (Å²) < 4.78 is 0. The van der Waals surface area contributed by atoms with Gasteiger partial charge >= 0.3 is 0 Å². The van der Waals surface area contributed by atoms with Gasteiger partial charge in [-0.25, -0.2) is 0 Å². The Balaban J connectivity index is 2.04. The Morgan fingerprint density at radius 3 is 2.47 bits per heavy atom. The van der Waals surface area contributed by atoms with Crippen molar-refractivity contribution in [2.75, 3.05) is 38.5 Å². The molecule has 1 aromatic rings. The number of carbonyl (C=O) groups is 1. The summed E-state index contributed by atoms with van der Waals surface area (Å²) in [5.74, 6) is 0.0545. The number of anilines is 1. The van der Waals surface area contributed by atoms with Crippen LogP contribution in [0.4, 0.5) is 5.69 Å². The molecule has 2 rings (SSSR count). The standard InChI is InChI=1S/C13H19N3O/c1-2-15-7-9-16(10-8-15)13(17)11-5-3-4-6-12(11)14/h3-6H,2,7-10,14H2,1H3. The van der Waals surface area contributed by atoms with Gasteiger partial charge in [0.05, 0.1) is 5.56 Å². The quantitative estimate of drug-likeness (QED) is 0.777. The molecule has 0 spiro atoms. The first-order chi connectivity index (χ1) is 8.22. The summed E-state index contributed by atoms with van der Waals surface area (Å²) in [6.45, 7) is 6.69. The normalized spacial score (nSPS) is 17.1. The molecule has 0 bridgehead atoms. The number of hydrogen-bond donors (Lipinski definition) is 1. The van der Waals surface area contributed by atoms with E-state index in [-0.39, 0.29) is 5.91 Å². The number of para-hydroxylation sites is 1. The van der Waals surface area contributed by atoms with Crippen molar-refractivity contribution in [2.24, 2.45) is 0 Å². The van der Waals surface area contributed by atoms with Crippen molar-refractivity contribution in [3.05, 3.63) is 29.8 Å². The zero-order valence-electron chi connectivity index (χ0n) is 10.2. The second-order valence-electron chi connectivity index (χ2n) is 4.31. The molecule has 1 aliphatic rings. The zero-order valence-corrected chi connectivity index (χ0v) is 10.2. The van der Waals surface area contributed by atoms with Gasteiger partial charge in [0.15, 0.2) is 0 Å². The maximum absolute atomic E-state index is 12.2. The van der Waals surface area contributed by atoms with Crippen LogP contribution in [0.15, 0.2) is 24.3 Å². The Hall–Kier alpha value is -1.55. The van der Waals surface area contributed by atoms with E-state index in [0.29, 0.717) is 11.3 Å². The molecule has 0 aromatic heterocycles. The van der Waals surface area contributed by atoms with E-state index in [4.69, 9.17) is 5.73 Å². The fourth-order valence-corrected chi connectivity index (χ4v) is 2.13. The highest BCUT2D eigenvalue weighted by Crippen LogP contribution is 2.14. The van der Waals surface area contributed by atoms with Crippen LogP contribution in [-0.4, -0.2) is 48.4 Å². The van der Waals surface area contributed by atoms with Crippen molar-refractivity contribution >= 4 is 11.6 Å². The maximum Gasteiger partial charge on any atom is 0.256 e. The summed E-state index contributed by atoms with van der Waals surface area (Å²) in [7, 11) is 0. The number of piperazine rings is 1. The molecular weight excluding hydrogens is 214 g/mol. The third-order valence-electron chi connectivity index (χ3n) is 3.30. The molecule has 4 nitrogen and oxygen atoms in total. The van der Waals surface area contributed by atoms with E-state index in [2.05, 4.69) is 11.8 Å². The average molecular weight is 233 g/mol. The molecule has 92 valence electrons. The van der Waals surface area contributed by atoms with Crippen molar-refractivity contribution in [1.29, 1.82) is 0 Å². The van der Waals surface area contributed by atoms with Gasteiger partial charge in [-0.2, -0.15) is 0 Å². The molecular formula is C13H19N3O. The van der Waals surface area contributed by atoms with E-state index in [9.17, 15) is 4.79 Å². The minimum Gasteiger partial charge on any atom is -0.398 e. The van der Waals surface area contributed by atoms with Gasteiger partial charge in [0.25, 0.3) is 5.91 Å². The number of carbonyl (C=O) groups excluding carboxylic acids is 1. The summed E-state index contributed by atoms with van der Waals surface area (Å²) in [5.41, 5.74) is 7.01. The number of benzene rings is 1. The van der Waals surface area contributed by atoms with Crippen LogP contribution in [0.2, 0.25) is 0 Å². The Morgan fingerprint density at radius 2 is 1.88 bits per heavy atom. The molecule has 1 aliphatic heterocycles. The molecule has 1 aromatic carbocycles. The summed E-state index contributed by atoms with van der Waals surface area (Å²) >= 11 is 0. The van der Waals surface area contributed by atoms with Gasteiger partial charge in [-0.15, -0.1) is 0 Å². The summed E-state index contributed by atoms with van der Waals surface area (Å²) in [6, 6.07) is 7.27. The third-order valence-corrected chi connectivity index (χ3v) is 3.30. The van der Waals surface area contributed by atoms with Crippen molar-refractivity contribution in [2.45, 2.75) is 6.92 Å². The second-order valence-corrected chi connectivity index (χ2v) is 4.31. The number of rotatable bonds is 2. The molecule has 17 heavy (non-hydrogen) atoms. The number of nitrogen functional groups attached to an aromatic ring is 1. The van der Waals surface area contributed by atoms with Crippen molar-refractivity contribution in [1.82, 2.24) is 9.80 Å². The van der Waals surface area contributed by atoms with Crippen LogP contribution in [0.5, 0.6) is 0 Å². The predicted octanol–water partition coefficient (Wildman–Crippen LogP) is 1.05. The van der Waals surface area contributed by atoms with Gasteiger partial charge in [0, 0.05) is 31.9 Å². The molecule has 0 unspecified atom stereocenters. The molecule has 1 saturated heterocycles. The van der Waals surface area contributed by atoms with E-state index in [1.54, 1.807) is 12.1 Å². The first-order valence-electron chi connectivity index (χ1n) is 6.08. The SMILES string of the molecule is CCN1CCN(C(=O)c2ccccc2N)CC1. The summed E-state index contributed by atoms with van der Waals surface area (Å²) in [5, 5.41) is 0. The Kier molecular flexibility index (Phi) is 3.64. The monoisotopic (exact) mass is 233 g/mol. The number of amides is 1. The maximum atomic E-state index is 12.2. The molecule has 0 atom stereocenters. The first-order valence-corrected chi connectivity index (χ1v) is 6.08. The Bertz CT molecular complexity index is 397. The van der Waals surface area contributed by atoms with Crippen LogP contribution in [0.25, 0.3) is 0 Å². The summed E-state index contributed by atoms with van der Waals surface area (Å²) in [6.07, 6.45) is 0. The van der Waals surface area contributed by atoms with Gasteiger partial charge in [-0.1, -0.05) is 19.1 Å². The van der Waals surface area contributed by atoms with E-state index < -0.39 is 0 Å². The molecule has 2 N–H and O–H groups in total. The topological polar surface area (TPSA) is 49.6 Å². The lowest BCUT2D eigenvalue weighted by atomic mass is 10.1. The fourth-order valence-electron chi connectivity index (χ4n) is 2.13. The fraction of sp³-hybridized carbons (Fsp3) is 0.462. The van der Waals surface area contributed by atoms with E-state index >= 15 is 0 Å². The number of likely N-dealkylation sites (N-methyl/N-ethyl adjacent to an activating group) is 1. The molecule has 1 amide bonds. The van der Waals surface area contributed by atoms with Gasteiger partial charge in [0.2, 0.25) is 0 Å². The minimum atomic E-state index is 0.0545. The van der Waals surface area contributed by atoms with Crippen molar-refractivity contribution < 1.29 is 4.79 Å². The largest absolute Gasteiger partial charge is 0.398 e. The van der Waals surface area contributed by atoms with Crippen molar-refractivity contribution in [3.8, 4) is 0 Å². The highest BCUT2D eigenvalue weighted by Gasteiger charge is 2.22. The average Bonchev–Trinajstić information content (AvgIpc) is 2.39. The van der Waals surface area contributed by atoms with Gasteiger partial charge in [0.1, 0.15) is 0 Å². The lowest BCUT2D eigenvalue weighted by molar-refractivity contribution is 0.0644. The lowest BCUT2D eigenvalue weighted by Gasteiger charge is -2.34. The first kappa shape index (κ1) is 11.9. The number of nitrogens with two attached hydrogens (primary N) is 1. The van der Waals surface area contributed by atoms with Gasteiger partial charge in [-0.3, -0.25) is 4.79 Å². The number of hydrogen-bond acceptors (Lipinski definition) is 3. The van der Waals surface area contributed by atoms with E-state index in [0.717, 1.165) is 32.7 Å². The molecule has 0 radical (unpaired) electrons. The van der Waals surface area contributed by atoms with E-state index in [1.807, 2.05) is 17.0 Å². The molecule has 1 fully saturated rings. The van der Waals surface area contributed by atoms with Crippen LogP contribution in [0.3, 0.4) is 0 Å². The van der Waals surface area contributed by atoms with Crippen LogP contribution < -0.4 is 5.73 Å². The molecule has 4 heteroatoms.